The van der Waals surface area contributed by atoms with Crippen LogP contribution in [0, 0.1) is 11.3 Å². The van der Waals surface area contributed by atoms with Crippen LogP contribution in [-0.2, 0) is 28.8 Å². The monoisotopic (exact) mass is 514 g/mol. The van der Waals surface area contributed by atoms with Crippen molar-refractivity contribution >= 4 is 35.1 Å². The van der Waals surface area contributed by atoms with Crippen molar-refractivity contribution in [2.24, 2.45) is 11.3 Å². The Morgan fingerprint density at radius 1 is 0.973 bits per heavy atom. The summed E-state index contributed by atoms with van der Waals surface area (Å²) in [5.41, 5.74) is 0.131. The molecule has 1 rings (SSSR count). The van der Waals surface area contributed by atoms with E-state index in [-0.39, 0.29) is 36.0 Å². The van der Waals surface area contributed by atoms with Crippen LogP contribution in [0.25, 0.3) is 0 Å². The van der Waals surface area contributed by atoms with Crippen molar-refractivity contribution in [1.29, 1.82) is 0 Å². The molecule has 0 bridgehead atoms. The molecule has 0 fully saturated rings. The third-order valence-corrected chi connectivity index (χ3v) is 6.42. The summed E-state index contributed by atoms with van der Waals surface area (Å²) in [4.78, 5) is 71.2. The average Bonchev–Trinajstić information content (AvgIpc) is 2.80. The fraction of sp³-hybridized carbons (Fsp3) is 0.517. The van der Waals surface area contributed by atoms with Gasteiger partial charge in [0.15, 0.2) is 23.1 Å². The minimum atomic E-state index is -0.915. The van der Waals surface area contributed by atoms with Crippen molar-refractivity contribution < 1.29 is 39.0 Å². The van der Waals surface area contributed by atoms with Gasteiger partial charge in [0, 0.05) is 11.1 Å². The molecule has 8 heteroatoms. The van der Waals surface area contributed by atoms with Gasteiger partial charge in [-0.3, -0.25) is 28.8 Å². The SMILES string of the molecule is CC(=O)/C(=C\C(=O)/C=C/CCCC(C)C(=O)O)CCCC1=CC(=O)C=C(CCCC(C)(C)C(=O)O)C1=O. The van der Waals surface area contributed by atoms with Crippen LogP contribution in [0.15, 0.2) is 47.1 Å². The van der Waals surface area contributed by atoms with Gasteiger partial charge in [0.2, 0.25) is 0 Å². The Bertz CT molecular complexity index is 1040. The molecule has 0 aliphatic heterocycles. The predicted molar refractivity (Wildman–Crippen MR) is 139 cm³/mol. The molecule has 1 atom stereocenters. The van der Waals surface area contributed by atoms with Gasteiger partial charge in [0.1, 0.15) is 0 Å². The number of ketones is 4. The van der Waals surface area contributed by atoms with Gasteiger partial charge >= 0.3 is 11.9 Å². The highest BCUT2D eigenvalue weighted by molar-refractivity contribution is 6.20. The molecule has 0 saturated heterocycles. The maximum atomic E-state index is 12.8. The molecule has 0 radical (unpaired) electrons. The number of hydrogen-bond donors (Lipinski definition) is 2. The summed E-state index contributed by atoms with van der Waals surface area (Å²) >= 11 is 0. The lowest BCUT2D eigenvalue weighted by Crippen LogP contribution is -2.23. The molecule has 1 unspecified atom stereocenters. The minimum absolute atomic E-state index is 0.239. The first-order chi connectivity index (χ1) is 17.2. The van der Waals surface area contributed by atoms with Crippen LogP contribution in [0.5, 0.6) is 0 Å². The fourth-order valence-electron chi connectivity index (χ4n) is 3.83. The van der Waals surface area contributed by atoms with Crippen LogP contribution in [0.1, 0.15) is 85.5 Å². The van der Waals surface area contributed by atoms with Crippen LogP contribution in [0.2, 0.25) is 0 Å². The molecule has 0 spiro atoms. The Kier molecular flexibility index (Phi) is 12.8. The van der Waals surface area contributed by atoms with E-state index in [1.165, 1.54) is 31.2 Å². The van der Waals surface area contributed by atoms with Gasteiger partial charge in [0.25, 0.3) is 0 Å². The molecule has 0 aromatic carbocycles. The van der Waals surface area contributed by atoms with E-state index >= 15 is 0 Å². The van der Waals surface area contributed by atoms with Gasteiger partial charge in [-0.1, -0.05) is 13.0 Å². The zero-order valence-corrected chi connectivity index (χ0v) is 22.2. The van der Waals surface area contributed by atoms with E-state index in [1.54, 1.807) is 26.8 Å². The number of carbonyl (C=O) groups is 6. The highest BCUT2D eigenvalue weighted by atomic mass is 16.4. The number of aliphatic carboxylic acids is 2. The largest absolute Gasteiger partial charge is 0.481 e. The molecule has 0 aromatic rings. The van der Waals surface area contributed by atoms with Gasteiger partial charge in [0.05, 0.1) is 11.3 Å². The summed E-state index contributed by atoms with van der Waals surface area (Å²) in [5.74, 6) is -3.32. The Hall–Kier alpha value is -3.42. The van der Waals surface area contributed by atoms with E-state index in [9.17, 15) is 33.9 Å². The molecule has 202 valence electrons. The first kappa shape index (κ1) is 31.6. The first-order valence-electron chi connectivity index (χ1n) is 12.6. The lowest BCUT2D eigenvalue weighted by atomic mass is 9.84. The van der Waals surface area contributed by atoms with Crippen LogP contribution >= 0.6 is 0 Å². The first-order valence-corrected chi connectivity index (χ1v) is 12.6. The number of Topliss-reactive ketones (excluding diaryl/α,β-unsaturated/α-hetero) is 2. The number of carboxylic acids is 2. The second kappa shape index (κ2) is 15.0. The van der Waals surface area contributed by atoms with Crippen LogP contribution in [0.4, 0.5) is 0 Å². The standard InChI is InChI=1S/C29H38O8/c1-19(27(34)35)10-6-5-7-14-24(31)16-21(20(2)30)11-8-12-22-17-25(32)18-23(26(22)33)13-9-15-29(3,4)28(36)37/h7,14,16-19H,5-6,8-13,15H2,1-4H3,(H,34,35)(H,36,37)/b14-7+,21-16-. The van der Waals surface area contributed by atoms with Crippen LogP contribution in [-0.4, -0.2) is 45.3 Å². The zero-order chi connectivity index (χ0) is 28.2. The number of carbonyl (C=O) groups excluding carboxylic acids is 4. The van der Waals surface area contributed by atoms with Crippen LogP contribution in [0.3, 0.4) is 0 Å². The molecule has 0 amide bonds. The van der Waals surface area contributed by atoms with E-state index in [0.29, 0.717) is 61.7 Å². The number of hydrogen-bond acceptors (Lipinski definition) is 6. The lowest BCUT2D eigenvalue weighted by molar-refractivity contribution is -0.147. The summed E-state index contributed by atoms with van der Waals surface area (Å²) in [7, 11) is 0. The van der Waals surface area contributed by atoms with E-state index in [1.807, 2.05) is 0 Å². The molecule has 0 aromatic heterocycles. The van der Waals surface area contributed by atoms with E-state index < -0.39 is 23.3 Å². The molecule has 2 N–H and O–H groups in total. The van der Waals surface area contributed by atoms with Gasteiger partial charge in [-0.25, -0.2) is 0 Å². The molecular formula is C29H38O8. The lowest BCUT2D eigenvalue weighted by Gasteiger charge is -2.19. The molecule has 1 aliphatic carbocycles. The summed E-state index contributed by atoms with van der Waals surface area (Å²) in [6.45, 7) is 6.23. The van der Waals surface area contributed by atoms with Crippen molar-refractivity contribution in [2.45, 2.75) is 85.5 Å². The van der Waals surface area contributed by atoms with Gasteiger partial charge in [-0.15, -0.1) is 0 Å². The predicted octanol–water partition coefficient (Wildman–Crippen LogP) is 4.97. The maximum absolute atomic E-state index is 12.8. The van der Waals surface area contributed by atoms with Crippen molar-refractivity contribution in [2.75, 3.05) is 0 Å². The average molecular weight is 515 g/mol. The second-order valence-corrected chi connectivity index (χ2v) is 10.2. The summed E-state index contributed by atoms with van der Waals surface area (Å²) in [6.07, 6.45) is 10.7. The molecular weight excluding hydrogens is 476 g/mol. The third-order valence-electron chi connectivity index (χ3n) is 6.42. The number of carboxylic acid groups (broad SMARTS) is 2. The number of unbranched alkanes of at least 4 members (excludes halogenated alkanes) is 1. The smallest absolute Gasteiger partial charge is 0.309 e. The number of rotatable bonds is 17. The van der Waals surface area contributed by atoms with E-state index in [2.05, 4.69) is 0 Å². The van der Waals surface area contributed by atoms with Gasteiger partial charge < -0.3 is 10.2 Å². The Balaban J connectivity index is 2.62. The van der Waals surface area contributed by atoms with Gasteiger partial charge in [-0.05, 0) is 108 Å². The maximum Gasteiger partial charge on any atom is 0.309 e. The van der Waals surface area contributed by atoms with E-state index in [4.69, 9.17) is 5.11 Å². The van der Waals surface area contributed by atoms with Crippen molar-refractivity contribution in [3.8, 4) is 0 Å². The second-order valence-electron chi connectivity index (χ2n) is 10.2. The highest BCUT2D eigenvalue weighted by Gasteiger charge is 2.27. The summed E-state index contributed by atoms with van der Waals surface area (Å²) in [6, 6.07) is 0. The quantitative estimate of drug-likeness (QED) is 0.157. The normalized spacial score (nSPS) is 15.4. The molecule has 8 nitrogen and oxygen atoms in total. The molecule has 37 heavy (non-hydrogen) atoms. The van der Waals surface area contributed by atoms with Crippen molar-refractivity contribution in [3.63, 3.8) is 0 Å². The Labute approximate surface area is 218 Å². The molecule has 0 heterocycles. The topological polar surface area (TPSA) is 143 Å². The van der Waals surface area contributed by atoms with Gasteiger partial charge in [-0.2, -0.15) is 0 Å². The fourth-order valence-corrected chi connectivity index (χ4v) is 3.83. The van der Waals surface area contributed by atoms with E-state index in [0.717, 1.165) is 0 Å². The Morgan fingerprint density at radius 2 is 1.57 bits per heavy atom. The molecule has 1 aliphatic rings. The summed E-state index contributed by atoms with van der Waals surface area (Å²) < 4.78 is 0. The highest BCUT2D eigenvalue weighted by Crippen LogP contribution is 2.27. The van der Waals surface area contributed by atoms with Crippen LogP contribution < -0.4 is 0 Å². The third kappa shape index (κ3) is 11.5. The Morgan fingerprint density at radius 3 is 2.11 bits per heavy atom. The molecule has 0 saturated carbocycles. The van der Waals surface area contributed by atoms with Crippen molar-refractivity contribution in [3.05, 3.63) is 47.1 Å². The number of allylic oxidation sites excluding steroid dienone is 8. The minimum Gasteiger partial charge on any atom is -0.481 e. The van der Waals surface area contributed by atoms with Crippen molar-refractivity contribution in [1.82, 2.24) is 0 Å². The summed E-state index contributed by atoms with van der Waals surface area (Å²) in [5, 5.41) is 18.1. The zero-order valence-electron chi connectivity index (χ0n) is 22.2.